The van der Waals surface area contributed by atoms with Crippen LogP contribution in [0.2, 0.25) is 0 Å². The van der Waals surface area contributed by atoms with Gasteiger partial charge in [-0.25, -0.2) is 9.89 Å². The Kier molecular flexibility index (Phi) is 4.20. The number of aryl methyl sites for hydroxylation is 1. The number of aliphatic hydroxyl groups is 2. The summed E-state index contributed by atoms with van der Waals surface area (Å²) in [6.45, 7) is 4.25. The van der Waals surface area contributed by atoms with Crippen LogP contribution in [-0.4, -0.2) is 35.4 Å². The van der Waals surface area contributed by atoms with Gasteiger partial charge < -0.3 is 10.2 Å². The van der Waals surface area contributed by atoms with Crippen LogP contribution in [0.1, 0.15) is 18.1 Å². The van der Waals surface area contributed by atoms with Gasteiger partial charge in [-0.05, 0) is 35.3 Å². The van der Waals surface area contributed by atoms with Gasteiger partial charge in [0.2, 0.25) is 11.6 Å². The highest BCUT2D eigenvalue weighted by Crippen LogP contribution is 2.38. The zero-order valence-corrected chi connectivity index (χ0v) is 16.2. The first-order valence-corrected chi connectivity index (χ1v) is 9.33. The fourth-order valence-corrected chi connectivity index (χ4v) is 3.95. The van der Waals surface area contributed by atoms with E-state index in [1.165, 1.54) is 17.8 Å². The minimum atomic E-state index is -0.282. The Labute approximate surface area is 164 Å². The molecule has 3 N–H and O–H groups in total. The van der Waals surface area contributed by atoms with E-state index in [2.05, 4.69) is 43.1 Å². The number of hydrogen-bond acceptors (Lipinski definition) is 4. The van der Waals surface area contributed by atoms with Crippen molar-refractivity contribution >= 4 is 23.3 Å². The molecule has 0 aromatic heterocycles. The van der Waals surface area contributed by atoms with E-state index in [0.717, 1.165) is 22.4 Å². The number of rotatable bonds is 2. The van der Waals surface area contributed by atoms with Crippen molar-refractivity contribution in [2.24, 2.45) is 10.9 Å². The predicted octanol–water partition coefficient (Wildman–Crippen LogP) is 4.73. The fraction of sp³-hybridized carbons (Fsp3) is 0.217. The van der Waals surface area contributed by atoms with E-state index in [0.29, 0.717) is 5.92 Å². The van der Waals surface area contributed by atoms with E-state index in [4.69, 9.17) is 5.41 Å². The number of fused-ring (bicyclic) bond motifs is 1. The maximum absolute atomic E-state index is 10.0. The van der Waals surface area contributed by atoms with E-state index in [1.54, 1.807) is 0 Å². The van der Waals surface area contributed by atoms with Crippen molar-refractivity contribution in [3.8, 4) is 0 Å². The summed E-state index contributed by atoms with van der Waals surface area (Å²) in [5.41, 5.74) is 5.39. The molecule has 0 fully saturated rings. The highest BCUT2D eigenvalue weighted by molar-refractivity contribution is 6.02. The third kappa shape index (κ3) is 2.75. The van der Waals surface area contributed by atoms with E-state index < -0.39 is 0 Å². The van der Waals surface area contributed by atoms with Gasteiger partial charge in [0.15, 0.2) is 12.0 Å². The summed E-state index contributed by atoms with van der Waals surface area (Å²) in [7, 11) is 1.82. The average Bonchev–Trinajstić information content (AvgIpc) is 2.68. The Bertz CT molecular complexity index is 1060. The fourth-order valence-electron chi connectivity index (χ4n) is 3.95. The molecular weight excluding hydrogens is 350 g/mol. The first-order chi connectivity index (χ1) is 13.3. The third-order valence-electron chi connectivity index (χ3n) is 5.77. The largest absolute Gasteiger partial charge is 0.504 e. The molecule has 28 heavy (non-hydrogen) atoms. The number of amidine groups is 1. The number of allylic oxidation sites excluding steroid dienone is 3. The third-order valence-corrected chi connectivity index (χ3v) is 5.77. The van der Waals surface area contributed by atoms with Crippen LogP contribution >= 0.6 is 0 Å². The molecule has 5 heteroatoms. The maximum atomic E-state index is 10.0. The van der Waals surface area contributed by atoms with Gasteiger partial charge in [0.05, 0.1) is 19.2 Å². The molecule has 5 nitrogen and oxygen atoms in total. The predicted molar refractivity (Wildman–Crippen MR) is 115 cm³/mol. The zero-order valence-electron chi connectivity index (χ0n) is 16.2. The van der Waals surface area contributed by atoms with Gasteiger partial charge in [-0.2, -0.15) is 0 Å². The van der Waals surface area contributed by atoms with Crippen LogP contribution in [0.3, 0.4) is 0 Å². The smallest absolute Gasteiger partial charge is 0.233 e. The van der Waals surface area contributed by atoms with Crippen LogP contribution < -0.4 is 4.48 Å². The molecule has 0 radical (unpaired) electrons. The van der Waals surface area contributed by atoms with Crippen molar-refractivity contribution in [2.75, 3.05) is 7.05 Å². The molecule has 0 saturated carbocycles. The lowest BCUT2D eigenvalue weighted by molar-refractivity contribution is 0.315. The summed E-state index contributed by atoms with van der Waals surface area (Å²) < 4.78 is -0.0245. The summed E-state index contributed by atoms with van der Waals surface area (Å²) in [6, 6.07) is 6.18. The molecule has 0 saturated heterocycles. The van der Waals surface area contributed by atoms with Gasteiger partial charge in [0, 0.05) is 24.3 Å². The zero-order chi connectivity index (χ0) is 20.1. The number of aliphatic hydroxyl groups excluding tert-OH is 2. The van der Waals surface area contributed by atoms with Crippen molar-refractivity contribution in [3.05, 3.63) is 83.0 Å². The summed E-state index contributed by atoms with van der Waals surface area (Å²) >= 11 is 0. The number of likely N-dealkylation sites (N-methyl/N-ethyl adjacent to an activating group) is 1. The summed E-state index contributed by atoms with van der Waals surface area (Å²) in [4.78, 5) is 4.66. The number of aliphatic imine (C=N–C) groups is 1. The normalized spacial score (nSPS) is 28.9. The molecule has 0 bridgehead atoms. The number of dihydropyridines is 1. The van der Waals surface area contributed by atoms with Crippen LogP contribution in [0, 0.1) is 18.3 Å². The number of quaternary nitrogens is 1. The lowest BCUT2D eigenvalue weighted by Crippen LogP contribution is -2.46. The van der Waals surface area contributed by atoms with E-state index in [9.17, 15) is 10.2 Å². The molecule has 0 amide bonds. The topological polar surface area (TPSA) is 76.7 Å². The molecule has 1 aromatic carbocycles. The first kappa shape index (κ1) is 18.2. The number of benzene rings is 1. The summed E-state index contributed by atoms with van der Waals surface area (Å²) in [5.74, 6) is 0.0145. The molecule has 3 aliphatic rings. The molecule has 2 heterocycles. The molecule has 3 atom stereocenters. The van der Waals surface area contributed by atoms with Crippen molar-refractivity contribution in [3.63, 3.8) is 0 Å². The van der Waals surface area contributed by atoms with Gasteiger partial charge in [-0.15, -0.1) is 0 Å². The Morgan fingerprint density at radius 3 is 2.71 bits per heavy atom. The van der Waals surface area contributed by atoms with Gasteiger partial charge in [0.25, 0.3) is 0 Å². The Hall–Kier alpha value is -3.18. The van der Waals surface area contributed by atoms with Crippen LogP contribution in [0.4, 0.5) is 5.69 Å². The Balaban J connectivity index is 1.86. The van der Waals surface area contributed by atoms with Crippen LogP contribution in [-0.2, 0) is 0 Å². The van der Waals surface area contributed by atoms with Crippen molar-refractivity contribution < 1.29 is 10.2 Å². The quantitative estimate of drug-likeness (QED) is 0.654. The highest BCUT2D eigenvalue weighted by Gasteiger charge is 2.35. The molecule has 0 spiro atoms. The summed E-state index contributed by atoms with van der Waals surface area (Å²) in [5, 5.41) is 28.1. The molecular formula is C23H24N3O2+. The van der Waals surface area contributed by atoms with Crippen molar-refractivity contribution in [1.82, 2.24) is 4.48 Å². The van der Waals surface area contributed by atoms with Crippen molar-refractivity contribution in [2.45, 2.75) is 19.9 Å². The first-order valence-electron chi connectivity index (χ1n) is 9.33. The maximum Gasteiger partial charge on any atom is 0.233 e. The Morgan fingerprint density at radius 2 is 1.93 bits per heavy atom. The van der Waals surface area contributed by atoms with E-state index >= 15 is 0 Å². The lowest BCUT2D eigenvalue weighted by Gasteiger charge is -2.32. The number of hydrogen-bond donors (Lipinski definition) is 3. The van der Waals surface area contributed by atoms with E-state index in [1.807, 2.05) is 31.5 Å². The molecule has 2 aliphatic heterocycles. The highest BCUT2D eigenvalue weighted by atomic mass is 16.3. The monoisotopic (exact) mass is 374 g/mol. The van der Waals surface area contributed by atoms with Crippen LogP contribution in [0.5, 0.6) is 0 Å². The van der Waals surface area contributed by atoms with Crippen LogP contribution in [0.15, 0.2) is 76.9 Å². The second kappa shape index (κ2) is 6.46. The number of nitrogens with one attached hydrogen (secondary N) is 1. The van der Waals surface area contributed by atoms with Gasteiger partial charge in [-0.3, -0.25) is 4.99 Å². The van der Waals surface area contributed by atoms with Crippen molar-refractivity contribution in [1.29, 1.82) is 5.41 Å². The lowest BCUT2D eigenvalue weighted by atomic mass is 9.81. The molecule has 3 unspecified atom stereocenters. The second-order valence-electron chi connectivity index (χ2n) is 7.69. The van der Waals surface area contributed by atoms with E-state index in [-0.39, 0.29) is 27.9 Å². The Morgan fingerprint density at radius 1 is 1.14 bits per heavy atom. The standard InChI is InChI=1S/C23H23N3O2/c1-14-6-8-16(26(3)13-21(28)20(27)12-22(26)24)11-19(14)17-9-7-15(2)23-18(17)5-4-10-25-23/h4-13,15,23H,1-3H3,(H2-,24,27,28)/p+1. The molecule has 142 valence electrons. The molecule has 4 rings (SSSR count). The SMILES string of the molecule is Cc1ccc([N+]2(C)C=C(O)C(O)=CC2=N)cc1C1=C2C=CC=NC2C(C)C=C1. The van der Waals surface area contributed by atoms with Gasteiger partial charge in [0.1, 0.15) is 5.69 Å². The summed E-state index contributed by atoms with van der Waals surface area (Å²) in [6.07, 6.45) is 13.1. The van der Waals surface area contributed by atoms with Crippen LogP contribution in [0.25, 0.3) is 5.57 Å². The van der Waals surface area contributed by atoms with Gasteiger partial charge >= 0.3 is 0 Å². The average molecular weight is 374 g/mol. The second-order valence-corrected chi connectivity index (χ2v) is 7.69. The molecule has 1 aliphatic carbocycles. The van der Waals surface area contributed by atoms with Gasteiger partial charge in [-0.1, -0.05) is 31.2 Å². The minimum absolute atomic E-state index is 0.0245. The number of nitrogens with zero attached hydrogens (tertiary/aromatic N) is 2. The minimum Gasteiger partial charge on any atom is -0.504 e. The molecule has 1 aromatic rings.